The summed E-state index contributed by atoms with van der Waals surface area (Å²) in [5, 5.41) is 11.9. The Balaban J connectivity index is 1.15. The number of ether oxygens (including phenoxy) is 6. The molecule has 0 amide bonds. The first kappa shape index (κ1) is 37.2. The van der Waals surface area contributed by atoms with Crippen molar-refractivity contribution in [3.63, 3.8) is 0 Å². The van der Waals surface area contributed by atoms with Crippen LogP contribution in [0.2, 0.25) is 0 Å². The number of benzene rings is 7. The lowest BCUT2D eigenvalue weighted by Crippen LogP contribution is -2.30. The van der Waals surface area contributed by atoms with E-state index in [9.17, 15) is 5.11 Å². The van der Waals surface area contributed by atoms with E-state index in [2.05, 4.69) is 0 Å². The van der Waals surface area contributed by atoms with Crippen molar-refractivity contribution in [1.82, 2.24) is 0 Å². The van der Waals surface area contributed by atoms with E-state index in [4.69, 9.17) is 28.4 Å². The average molecular weight is 757 g/mol. The summed E-state index contributed by atoms with van der Waals surface area (Å²) < 4.78 is 39.1. The van der Waals surface area contributed by atoms with E-state index in [0.29, 0.717) is 73.1 Å². The van der Waals surface area contributed by atoms with Gasteiger partial charge in [0.1, 0.15) is 50.3 Å². The minimum atomic E-state index is -0.923. The Morgan fingerprint density at radius 2 is 0.825 bits per heavy atom. The van der Waals surface area contributed by atoms with Crippen LogP contribution in [-0.4, -0.2) is 11.2 Å². The second-order valence-electron chi connectivity index (χ2n) is 13.9. The molecule has 0 bridgehead atoms. The minimum absolute atomic E-state index is 0.287. The second kappa shape index (κ2) is 18.3. The lowest BCUT2D eigenvalue weighted by Gasteiger charge is -2.33. The van der Waals surface area contributed by atoms with Gasteiger partial charge >= 0.3 is 0 Å². The van der Waals surface area contributed by atoms with Crippen molar-refractivity contribution < 1.29 is 33.5 Å². The third-order valence-electron chi connectivity index (χ3n) is 9.72. The quantitative estimate of drug-likeness (QED) is 0.105. The smallest absolute Gasteiger partial charge is 0.203 e. The average Bonchev–Trinajstić information content (AvgIpc) is 3.27. The highest BCUT2D eigenvalue weighted by Crippen LogP contribution is 2.47. The van der Waals surface area contributed by atoms with Crippen molar-refractivity contribution in [3.05, 3.63) is 215 Å². The van der Waals surface area contributed by atoms with E-state index in [1.54, 1.807) is 0 Å². The van der Waals surface area contributed by atoms with Gasteiger partial charge in [-0.1, -0.05) is 152 Å². The molecule has 0 spiro atoms. The van der Waals surface area contributed by atoms with Crippen LogP contribution in [0.1, 0.15) is 45.0 Å². The first-order valence-corrected chi connectivity index (χ1v) is 19.2. The minimum Gasteiger partial charge on any atom is -0.489 e. The highest BCUT2D eigenvalue weighted by molar-refractivity contribution is 5.57. The third-order valence-corrected chi connectivity index (χ3v) is 9.72. The molecule has 0 aromatic heterocycles. The molecule has 8 rings (SSSR count). The van der Waals surface area contributed by atoms with Crippen LogP contribution >= 0.6 is 0 Å². The van der Waals surface area contributed by atoms with Gasteiger partial charge in [-0.3, -0.25) is 0 Å². The van der Waals surface area contributed by atoms with Crippen LogP contribution in [0.15, 0.2) is 176 Å². The number of hydrogen-bond acceptors (Lipinski definition) is 7. The number of fused-ring (bicyclic) bond motifs is 1. The molecule has 286 valence electrons. The molecule has 0 radical (unpaired) electrons. The Hall–Kier alpha value is -6.70. The van der Waals surface area contributed by atoms with Crippen molar-refractivity contribution in [2.75, 3.05) is 0 Å². The first-order chi connectivity index (χ1) is 28.1. The highest BCUT2D eigenvalue weighted by atomic mass is 16.5. The zero-order chi connectivity index (χ0) is 38.7. The second-order valence-corrected chi connectivity index (χ2v) is 13.9. The van der Waals surface area contributed by atoms with Crippen molar-refractivity contribution >= 4 is 0 Å². The number of aliphatic hydroxyl groups excluding tert-OH is 1. The van der Waals surface area contributed by atoms with Gasteiger partial charge in [0.15, 0.2) is 17.6 Å². The van der Waals surface area contributed by atoms with Gasteiger partial charge in [0.2, 0.25) is 5.75 Å². The lowest BCUT2D eigenvalue weighted by atomic mass is 9.93. The van der Waals surface area contributed by atoms with E-state index in [1.807, 2.05) is 176 Å². The molecule has 0 aliphatic carbocycles. The summed E-state index contributed by atoms with van der Waals surface area (Å²) in [4.78, 5) is 0. The standard InChI is InChI=1S/C50H44O7/c51-44-30-43-45(53-32-37-18-8-2-9-19-37)28-42(52-31-36-16-6-1-7-17-36)29-46(43)57-49(44)41-26-47(54-33-38-20-10-3-11-21-38)50(56-35-40-24-14-5-15-25-40)48(27-41)55-34-39-22-12-4-13-23-39/h1-29,44,49,51H,30-35H2/t44-,49+/m1/s1. The van der Waals surface area contributed by atoms with Crippen LogP contribution < -0.4 is 28.4 Å². The van der Waals surface area contributed by atoms with Crippen LogP contribution in [0.3, 0.4) is 0 Å². The fraction of sp³-hybridized carbons (Fsp3) is 0.160. The van der Waals surface area contributed by atoms with Crippen LogP contribution in [-0.2, 0) is 39.5 Å². The van der Waals surface area contributed by atoms with Crippen LogP contribution in [0, 0.1) is 0 Å². The van der Waals surface area contributed by atoms with Gasteiger partial charge < -0.3 is 33.5 Å². The maximum atomic E-state index is 11.9. The molecule has 7 aromatic rings. The Bertz CT molecular complexity index is 2250. The number of hydrogen-bond donors (Lipinski definition) is 1. The maximum absolute atomic E-state index is 11.9. The Labute approximate surface area is 333 Å². The molecular weight excluding hydrogens is 713 g/mol. The molecule has 2 atom stereocenters. The van der Waals surface area contributed by atoms with Gasteiger partial charge in [-0.05, 0) is 39.9 Å². The molecule has 1 aliphatic heterocycles. The summed E-state index contributed by atoms with van der Waals surface area (Å²) in [5.41, 5.74) is 6.51. The van der Waals surface area contributed by atoms with E-state index in [0.717, 1.165) is 33.4 Å². The predicted octanol–water partition coefficient (Wildman–Crippen LogP) is 10.6. The topological polar surface area (TPSA) is 75.6 Å². The summed E-state index contributed by atoms with van der Waals surface area (Å²) in [6, 6.07) is 57.4. The molecule has 0 saturated heterocycles. The highest BCUT2D eigenvalue weighted by Gasteiger charge is 2.34. The Kier molecular flexibility index (Phi) is 11.9. The van der Waals surface area contributed by atoms with Crippen molar-refractivity contribution in [3.8, 4) is 34.5 Å². The molecule has 7 aromatic carbocycles. The normalized spacial score (nSPS) is 14.5. The fourth-order valence-electron chi connectivity index (χ4n) is 6.73. The van der Waals surface area contributed by atoms with Crippen LogP contribution in [0.4, 0.5) is 0 Å². The van der Waals surface area contributed by atoms with Gasteiger partial charge in [-0.2, -0.15) is 0 Å². The molecule has 7 nitrogen and oxygen atoms in total. The first-order valence-electron chi connectivity index (χ1n) is 19.2. The van der Waals surface area contributed by atoms with E-state index >= 15 is 0 Å². The fourth-order valence-corrected chi connectivity index (χ4v) is 6.73. The van der Waals surface area contributed by atoms with E-state index in [-0.39, 0.29) is 6.42 Å². The van der Waals surface area contributed by atoms with Gasteiger partial charge in [-0.15, -0.1) is 0 Å². The summed E-state index contributed by atoms with van der Waals surface area (Å²) in [6.07, 6.45) is -1.41. The number of rotatable bonds is 16. The maximum Gasteiger partial charge on any atom is 0.203 e. The van der Waals surface area contributed by atoms with E-state index in [1.165, 1.54) is 0 Å². The van der Waals surface area contributed by atoms with Crippen molar-refractivity contribution in [2.45, 2.75) is 51.7 Å². The molecule has 7 heteroatoms. The van der Waals surface area contributed by atoms with Gasteiger partial charge in [0.05, 0.1) is 6.10 Å². The summed E-state index contributed by atoms with van der Waals surface area (Å²) >= 11 is 0. The molecular formula is C50H44O7. The lowest BCUT2D eigenvalue weighted by molar-refractivity contribution is 0.0191. The van der Waals surface area contributed by atoms with Crippen molar-refractivity contribution in [2.24, 2.45) is 0 Å². The Morgan fingerprint density at radius 1 is 0.439 bits per heavy atom. The summed E-state index contributed by atoms with van der Waals surface area (Å²) in [5.74, 6) is 3.18. The summed E-state index contributed by atoms with van der Waals surface area (Å²) in [6.45, 7) is 1.62. The largest absolute Gasteiger partial charge is 0.489 e. The molecule has 57 heavy (non-hydrogen) atoms. The van der Waals surface area contributed by atoms with E-state index < -0.39 is 12.2 Å². The predicted molar refractivity (Wildman–Crippen MR) is 220 cm³/mol. The zero-order valence-corrected chi connectivity index (χ0v) is 31.5. The van der Waals surface area contributed by atoms with Crippen LogP contribution in [0.25, 0.3) is 0 Å². The van der Waals surface area contributed by atoms with Gasteiger partial charge in [0, 0.05) is 29.7 Å². The monoisotopic (exact) mass is 756 g/mol. The zero-order valence-electron chi connectivity index (χ0n) is 31.5. The SMILES string of the molecule is O[C@@H]1Cc2c(OCc3ccccc3)cc(OCc3ccccc3)cc2O[C@H]1c1cc(OCc2ccccc2)c(OCc2ccccc2)c(OCc2ccccc2)c1. The molecule has 1 aliphatic rings. The number of aliphatic hydroxyl groups is 1. The van der Waals surface area contributed by atoms with Gasteiger partial charge in [-0.25, -0.2) is 0 Å². The molecule has 1 N–H and O–H groups in total. The van der Waals surface area contributed by atoms with Crippen molar-refractivity contribution in [1.29, 1.82) is 0 Å². The third kappa shape index (κ3) is 9.76. The van der Waals surface area contributed by atoms with Gasteiger partial charge in [0.25, 0.3) is 0 Å². The molecule has 0 unspecified atom stereocenters. The Morgan fingerprint density at radius 3 is 1.26 bits per heavy atom. The molecule has 0 fully saturated rings. The molecule has 1 heterocycles. The molecule has 0 saturated carbocycles. The van der Waals surface area contributed by atoms with Crippen LogP contribution in [0.5, 0.6) is 34.5 Å². The summed E-state index contributed by atoms with van der Waals surface area (Å²) in [7, 11) is 0.